The van der Waals surface area contributed by atoms with Crippen LogP contribution in [0, 0.1) is 0 Å². The molecule has 4 heteroatoms. The summed E-state index contributed by atoms with van der Waals surface area (Å²) in [6, 6.07) is 15.3. The second-order valence-electron chi connectivity index (χ2n) is 5.09. The highest BCUT2D eigenvalue weighted by atomic mass is 16.4. The minimum Gasteiger partial charge on any atom is -0.478 e. The van der Waals surface area contributed by atoms with Gasteiger partial charge in [0.05, 0.1) is 16.9 Å². The van der Waals surface area contributed by atoms with Crippen molar-refractivity contribution in [3.05, 3.63) is 59.7 Å². The van der Waals surface area contributed by atoms with Crippen molar-refractivity contribution in [2.45, 2.75) is 5.92 Å². The van der Waals surface area contributed by atoms with E-state index in [1.807, 2.05) is 18.2 Å². The first-order valence-electron chi connectivity index (χ1n) is 6.58. The Kier molecular flexibility index (Phi) is 3.06. The van der Waals surface area contributed by atoms with E-state index in [9.17, 15) is 4.79 Å². The maximum atomic E-state index is 10.9. The van der Waals surface area contributed by atoms with Gasteiger partial charge in [0.25, 0.3) is 0 Å². The number of carbonyl (C=O) groups is 1. The zero-order valence-corrected chi connectivity index (χ0v) is 11.0. The molecule has 0 aliphatic carbocycles. The standard InChI is InChI=1S/C16H16N2O2/c17-14-8-12(16(19)20)6-7-15(14)18-9-13(10-18)11-4-2-1-3-5-11/h1-8,13H,9-10,17H2,(H,19,20). The van der Waals surface area contributed by atoms with Crippen molar-refractivity contribution in [2.75, 3.05) is 23.7 Å². The minimum atomic E-state index is -0.950. The Labute approximate surface area is 117 Å². The molecule has 1 fully saturated rings. The molecule has 0 amide bonds. The summed E-state index contributed by atoms with van der Waals surface area (Å²) in [6.45, 7) is 1.83. The molecule has 3 N–H and O–H groups in total. The number of benzene rings is 2. The molecule has 102 valence electrons. The van der Waals surface area contributed by atoms with Crippen molar-refractivity contribution in [3.63, 3.8) is 0 Å². The number of hydrogen-bond acceptors (Lipinski definition) is 3. The van der Waals surface area contributed by atoms with Crippen LogP contribution in [0.3, 0.4) is 0 Å². The van der Waals surface area contributed by atoms with Gasteiger partial charge in [-0.1, -0.05) is 30.3 Å². The average Bonchev–Trinajstić information content (AvgIpc) is 2.40. The van der Waals surface area contributed by atoms with Crippen LogP contribution in [0.4, 0.5) is 11.4 Å². The van der Waals surface area contributed by atoms with Gasteiger partial charge in [-0.2, -0.15) is 0 Å². The van der Waals surface area contributed by atoms with E-state index in [-0.39, 0.29) is 5.56 Å². The monoisotopic (exact) mass is 268 g/mol. The van der Waals surface area contributed by atoms with Crippen LogP contribution in [0.2, 0.25) is 0 Å². The molecule has 3 rings (SSSR count). The normalized spacial score (nSPS) is 14.9. The molecule has 1 saturated heterocycles. The van der Waals surface area contributed by atoms with Crippen LogP contribution >= 0.6 is 0 Å². The zero-order valence-electron chi connectivity index (χ0n) is 11.0. The third kappa shape index (κ3) is 2.20. The number of carboxylic acid groups (broad SMARTS) is 1. The maximum Gasteiger partial charge on any atom is 0.335 e. The summed E-state index contributed by atoms with van der Waals surface area (Å²) in [7, 11) is 0. The highest BCUT2D eigenvalue weighted by Crippen LogP contribution is 2.34. The summed E-state index contributed by atoms with van der Waals surface area (Å²) < 4.78 is 0. The fraction of sp³-hybridized carbons (Fsp3) is 0.188. The van der Waals surface area contributed by atoms with Gasteiger partial charge < -0.3 is 15.7 Å². The number of nitrogens with two attached hydrogens (primary N) is 1. The summed E-state index contributed by atoms with van der Waals surface area (Å²) in [5.41, 5.74) is 8.96. The molecule has 0 bridgehead atoms. The Morgan fingerprint density at radius 3 is 2.45 bits per heavy atom. The molecule has 2 aromatic rings. The van der Waals surface area contributed by atoms with Gasteiger partial charge in [-0.15, -0.1) is 0 Å². The molecule has 0 aromatic heterocycles. The third-order valence-corrected chi connectivity index (χ3v) is 3.77. The SMILES string of the molecule is Nc1cc(C(=O)O)ccc1N1CC(c2ccccc2)C1. The third-order valence-electron chi connectivity index (χ3n) is 3.77. The van der Waals surface area contributed by atoms with Crippen LogP contribution in [-0.4, -0.2) is 24.2 Å². The van der Waals surface area contributed by atoms with Crippen molar-refractivity contribution < 1.29 is 9.90 Å². The molecule has 1 aliphatic rings. The van der Waals surface area contributed by atoms with Gasteiger partial charge in [0.2, 0.25) is 0 Å². The van der Waals surface area contributed by atoms with Crippen LogP contribution in [0.1, 0.15) is 21.8 Å². The van der Waals surface area contributed by atoms with Crippen molar-refractivity contribution in [1.29, 1.82) is 0 Å². The van der Waals surface area contributed by atoms with Crippen LogP contribution in [0.25, 0.3) is 0 Å². The number of rotatable bonds is 3. The summed E-state index contributed by atoms with van der Waals surface area (Å²) in [5, 5.41) is 8.93. The van der Waals surface area contributed by atoms with Gasteiger partial charge >= 0.3 is 5.97 Å². The van der Waals surface area contributed by atoms with E-state index in [1.54, 1.807) is 12.1 Å². The lowest BCUT2D eigenvalue weighted by Gasteiger charge is -2.42. The fourth-order valence-electron chi connectivity index (χ4n) is 2.59. The summed E-state index contributed by atoms with van der Waals surface area (Å²) in [5.74, 6) is -0.427. The quantitative estimate of drug-likeness (QED) is 0.840. The second-order valence-corrected chi connectivity index (χ2v) is 5.09. The minimum absolute atomic E-state index is 0.228. The Morgan fingerprint density at radius 2 is 1.85 bits per heavy atom. The summed E-state index contributed by atoms with van der Waals surface area (Å²) >= 11 is 0. The van der Waals surface area contributed by atoms with Gasteiger partial charge in [0.15, 0.2) is 0 Å². The summed E-state index contributed by atoms with van der Waals surface area (Å²) in [6.07, 6.45) is 0. The highest BCUT2D eigenvalue weighted by Gasteiger charge is 2.29. The molecular formula is C16H16N2O2. The Balaban J connectivity index is 1.73. The van der Waals surface area contributed by atoms with Crippen molar-refractivity contribution in [3.8, 4) is 0 Å². The molecule has 1 aliphatic heterocycles. The fourth-order valence-corrected chi connectivity index (χ4v) is 2.59. The van der Waals surface area contributed by atoms with E-state index in [1.165, 1.54) is 11.6 Å². The number of carboxylic acids is 1. The topological polar surface area (TPSA) is 66.6 Å². The van der Waals surface area contributed by atoms with Crippen LogP contribution in [-0.2, 0) is 0 Å². The molecule has 2 aromatic carbocycles. The predicted octanol–water partition coefficient (Wildman–Crippen LogP) is 2.57. The van der Waals surface area contributed by atoms with E-state index < -0.39 is 5.97 Å². The molecule has 4 nitrogen and oxygen atoms in total. The molecule has 1 heterocycles. The number of nitrogens with zero attached hydrogens (tertiary/aromatic N) is 1. The first-order valence-corrected chi connectivity index (χ1v) is 6.58. The molecule has 20 heavy (non-hydrogen) atoms. The van der Waals surface area contributed by atoms with Gasteiger partial charge in [-0.3, -0.25) is 0 Å². The predicted molar refractivity (Wildman–Crippen MR) is 79.2 cm³/mol. The lowest BCUT2D eigenvalue weighted by atomic mass is 9.91. The van der Waals surface area contributed by atoms with Gasteiger partial charge in [0, 0.05) is 19.0 Å². The molecule has 0 atom stereocenters. The van der Waals surface area contributed by atoms with Crippen LogP contribution in [0.5, 0.6) is 0 Å². The molecule has 0 radical (unpaired) electrons. The van der Waals surface area contributed by atoms with Crippen molar-refractivity contribution in [1.82, 2.24) is 0 Å². The Bertz CT molecular complexity index is 634. The first-order chi connectivity index (χ1) is 9.65. The highest BCUT2D eigenvalue weighted by molar-refractivity contribution is 5.90. The average molecular weight is 268 g/mol. The van der Waals surface area contributed by atoms with Crippen LogP contribution in [0.15, 0.2) is 48.5 Å². The number of anilines is 2. The molecule has 0 unspecified atom stereocenters. The van der Waals surface area contributed by atoms with E-state index in [0.717, 1.165) is 18.8 Å². The maximum absolute atomic E-state index is 10.9. The van der Waals surface area contributed by atoms with Crippen LogP contribution < -0.4 is 10.6 Å². The summed E-state index contributed by atoms with van der Waals surface area (Å²) in [4.78, 5) is 13.1. The van der Waals surface area contributed by atoms with E-state index in [0.29, 0.717) is 11.6 Å². The second kappa shape index (κ2) is 4.89. The van der Waals surface area contributed by atoms with E-state index >= 15 is 0 Å². The van der Waals surface area contributed by atoms with Gasteiger partial charge in [0.1, 0.15) is 0 Å². The lowest BCUT2D eigenvalue weighted by Crippen LogP contribution is -2.45. The molecule has 0 spiro atoms. The smallest absolute Gasteiger partial charge is 0.335 e. The van der Waals surface area contributed by atoms with E-state index in [2.05, 4.69) is 17.0 Å². The number of nitrogen functional groups attached to an aromatic ring is 1. The lowest BCUT2D eigenvalue weighted by molar-refractivity contribution is 0.0697. The van der Waals surface area contributed by atoms with Crippen molar-refractivity contribution in [2.24, 2.45) is 0 Å². The van der Waals surface area contributed by atoms with Crippen molar-refractivity contribution >= 4 is 17.3 Å². The van der Waals surface area contributed by atoms with E-state index in [4.69, 9.17) is 10.8 Å². The first kappa shape index (κ1) is 12.5. The Hall–Kier alpha value is -2.49. The van der Waals surface area contributed by atoms with Gasteiger partial charge in [-0.05, 0) is 23.8 Å². The number of hydrogen-bond donors (Lipinski definition) is 2. The zero-order chi connectivity index (χ0) is 14.1. The number of aromatic carboxylic acids is 1. The largest absolute Gasteiger partial charge is 0.478 e. The molecular weight excluding hydrogens is 252 g/mol. The Morgan fingerprint density at radius 1 is 1.15 bits per heavy atom. The van der Waals surface area contributed by atoms with Gasteiger partial charge in [-0.25, -0.2) is 4.79 Å². The molecule has 0 saturated carbocycles.